The predicted molar refractivity (Wildman–Crippen MR) is 88.2 cm³/mol. The van der Waals surface area contributed by atoms with E-state index in [9.17, 15) is 14.9 Å². The molecule has 0 aromatic heterocycles. The fourth-order valence-electron chi connectivity index (χ4n) is 2.12. The highest BCUT2D eigenvalue weighted by Gasteiger charge is 2.13. The number of nitro benzene ring substituents is 1. The number of nitrogens with zero attached hydrogens (tertiary/aromatic N) is 1. The lowest BCUT2D eigenvalue weighted by atomic mass is 10.2. The number of hydrogen-bond acceptors (Lipinski definition) is 6. The summed E-state index contributed by atoms with van der Waals surface area (Å²) in [5, 5.41) is 13.4. The summed E-state index contributed by atoms with van der Waals surface area (Å²) in [5.41, 5.74) is 0.958. The van der Waals surface area contributed by atoms with Crippen molar-refractivity contribution in [2.45, 2.75) is 11.4 Å². The first kappa shape index (κ1) is 16.1. The molecule has 2 aromatic rings. The van der Waals surface area contributed by atoms with Crippen LogP contribution < -0.4 is 14.8 Å². The lowest BCUT2D eigenvalue weighted by Crippen LogP contribution is -2.24. The fourth-order valence-corrected chi connectivity index (χ4v) is 2.84. The largest absolute Gasteiger partial charge is 0.454 e. The number of non-ortho nitro benzene ring substituents is 1. The smallest absolute Gasteiger partial charge is 0.269 e. The van der Waals surface area contributed by atoms with E-state index in [0.717, 1.165) is 10.5 Å². The van der Waals surface area contributed by atoms with Crippen LogP contribution in [0.15, 0.2) is 47.4 Å². The van der Waals surface area contributed by atoms with Gasteiger partial charge in [0.15, 0.2) is 11.5 Å². The van der Waals surface area contributed by atoms with Crippen LogP contribution in [0.3, 0.4) is 0 Å². The van der Waals surface area contributed by atoms with Gasteiger partial charge < -0.3 is 14.8 Å². The Kier molecular flexibility index (Phi) is 4.85. The average Bonchev–Trinajstić information content (AvgIpc) is 3.06. The van der Waals surface area contributed by atoms with Gasteiger partial charge in [-0.05, 0) is 29.8 Å². The highest BCUT2D eigenvalue weighted by atomic mass is 32.2. The zero-order valence-electron chi connectivity index (χ0n) is 12.6. The van der Waals surface area contributed by atoms with E-state index in [-0.39, 0.29) is 24.1 Å². The number of carbonyl (C=O) groups is 1. The summed E-state index contributed by atoms with van der Waals surface area (Å²) in [4.78, 5) is 22.8. The molecule has 2 aromatic carbocycles. The molecule has 1 aliphatic heterocycles. The molecule has 24 heavy (non-hydrogen) atoms. The van der Waals surface area contributed by atoms with Crippen molar-refractivity contribution in [1.29, 1.82) is 0 Å². The number of carbonyl (C=O) groups excluding carboxylic acids is 1. The molecule has 1 N–H and O–H groups in total. The Bertz CT molecular complexity index is 764. The number of nitro groups is 1. The second-order valence-electron chi connectivity index (χ2n) is 5.00. The highest BCUT2D eigenvalue weighted by molar-refractivity contribution is 8.00. The van der Waals surface area contributed by atoms with Gasteiger partial charge in [0.25, 0.3) is 5.69 Å². The molecule has 0 fully saturated rings. The lowest BCUT2D eigenvalue weighted by molar-refractivity contribution is -0.384. The number of nitrogens with one attached hydrogen (secondary N) is 1. The quantitative estimate of drug-likeness (QED) is 0.491. The topological polar surface area (TPSA) is 90.7 Å². The van der Waals surface area contributed by atoms with E-state index in [0.29, 0.717) is 18.0 Å². The molecule has 1 amide bonds. The van der Waals surface area contributed by atoms with Crippen LogP contribution in [0.25, 0.3) is 0 Å². The Balaban J connectivity index is 1.46. The van der Waals surface area contributed by atoms with E-state index >= 15 is 0 Å². The maximum atomic E-state index is 11.9. The van der Waals surface area contributed by atoms with Gasteiger partial charge in [-0.15, -0.1) is 11.8 Å². The molecule has 1 heterocycles. The molecule has 0 unspecified atom stereocenters. The SMILES string of the molecule is O=C(CSc1ccc([N+](=O)[O-])cc1)NCc1ccc2c(c1)OCO2. The molecule has 7 nitrogen and oxygen atoms in total. The fraction of sp³-hybridized carbons (Fsp3) is 0.188. The van der Waals surface area contributed by atoms with Crippen molar-refractivity contribution >= 4 is 23.4 Å². The van der Waals surface area contributed by atoms with Crippen LogP contribution in [0, 0.1) is 10.1 Å². The molecule has 3 rings (SSSR count). The van der Waals surface area contributed by atoms with Crippen molar-refractivity contribution in [1.82, 2.24) is 5.32 Å². The van der Waals surface area contributed by atoms with Crippen molar-refractivity contribution in [3.63, 3.8) is 0 Å². The summed E-state index contributed by atoms with van der Waals surface area (Å²) in [6, 6.07) is 11.6. The van der Waals surface area contributed by atoms with Crippen LogP contribution >= 0.6 is 11.8 Å². The molecule has 0 radical (unpaired) electrons. The van der Waals surface area contributed by atoms with Gasteiger partial charge >= 0.3 is 0 Å². The van der Waals surface area contributed by atoms with Gasteiger partial charge in [0.05, 0.1) is 10.7 Å². The molecule has 124 valence electrons. The van der Waals surface area contributed by atoms with Crippen molar-refractivity contribution in [2.24, 2.45) is 0 Å². The summed E-state index contributed by atoms with van der Waals surface area (Å²) in [6.45, 7) is 0.618. The molecular weight excluding hydrogens is 332 g/mol. The van der Waals surface area contributed by atoms with E-state index in [1.807, 2.05) is 18.2 Å². The standard InChI is InChI=1S/C16H14N2O5S/c19-16(9-24-13-4-2-12(3-5-13)18(20)21)17-8-11-1-6-14-15(7-11)23-10-22-14/h1-7H,8-10H2,(H,17,19). The molecule has 0 spiro atoms. The summed E-state index contributed by atoms with van der Waals surface area (Å²) in [7, 11) is 0. The maximum Gasteiger partial charge on any atom is 0.269 e. The first-order valence-corrected chi connectivity index (χ1v) is 8.13. The molecule has 8 heteroatoms. The maximum absolute atomic E-state index is 11.9. The van der Waals surface area contributed by atoms with Crippen molar-refractivity contribution in [2.75, 3.05) is 12.5 Å². The number of benzene rings is 2. The monoisotopic (exact) mass is 346 g/mol. The summed E-state index contributed by atoms with van der Waals surface area (Å²) in [5.74, 6) is 1.51. The van der Waals surface area contributed by atoms with Crippen molar-refractivity contribution < 1.29 is 19.2 Å². The third-order valence-electron chi connectivity index (χ3n) is 3.34. The van der Waals surface area contributed by atoms with Gasteiger partial charge in [0.1, 0.15) is 0 Å². The minimum Gasteiger partial charge on any atom is -0.454 e. The van der Waals surface area contributed by atoms with E-state index in [2.05, 4.69) is 5.32 Å². The molecule has 1 aliphatic rings. The Morgan fingerprint density at radius 3 is 2.67 bits per heavy atom. The van der Waals surface area contributed by atoms with Gasteiger partial charge in [0, 0.05) is 23.6 Å². The number of amides is 1. The van der Waals surface area contributed by atoms with Crippen LogP contribution in [-0.2, 0) is 11.3 Å². The third-order valence-corrected chi connectivity index (χ3v) is 4.36. The minimum atomic E-state index is -0.452. The molecule has 0 atom stereocenters. The van der Waals surface area contributed by atoms with Crippen LogP contribution in [0.2, 0.25) is 0 Å². The van der Waals surface area contributed by atoms with Crippen LogP contribution in [0.1, 0.15) is 5.56 Å². The van der Waals surface area contributed by atoms with E-state index < -0.39 is 4.92 Å². The number of thioether (sulfide) groups is 1. The predicted octanol–water partition coefficient (Wildman–Crippen LogP) is 2.73. The normalized spacial score (nSPS) is 12.0. The van der Waals surface area contributed by atoms with Gasteiger partial charge in [0.2, 0.25) is 12.7 Å². The Morgan fingerprint density at radius 2 is 1.92 bits per heavy atom. The highest BCUT2D eigenvalue weighted by Crippen LogP contribution is 2.32. The first-order valence-electron chi connectivity index (χ1n) is 7.14. The van der Waals surface area contributed by atoms with E-state index in [1.165, 1.54) is 23.9 Å². The molecular formula is C16H14N2O5S. The molecule has 0 bridgehead atoms. The summed E-state index contributed by atoms with van der Waals surface area (Å²) < 4.78 is 10.5. The van der Waals surface area contributed by atoms with E-state index in [4.69, 9.17) is 9.47 Å². The van der Waals surface area contributed by atoms with Crippen LogP contribution in [0.5, 0.6) is 11.5 Å². The van der Waals surface area contributed by atoms with Crippen LogP contribution in [0.4, 0.5) is 5.69 Å². The summed E-state index contributed by atoms with van der Waals surface area (Å²) >= 11 is 1.32. The zero-order chi connectivity index (χ0) is 16.9. The Labute approximate surface area is 142 Å². The zero-order valence-corrected chi connectivity index (χ0v) is 13.4. The second kappa shape index (κ2) is 7.22. The number of fused-ring (bicyclic) bond motifs is 1. The third kappa shape index (κ3) is 3.96. The molecule has 0 saturated heterocycles. The summed E-state index contributed by atoms with van der Waals surface area (Å²) in [6.07, 6.45) is 0. The van der Waals surface area contributed by atoms with E-state index in [1.54, 1.807) is 12.1 Å². The average molecular weight is 346 g/mol. The molecule has 0 aliphatic carbocycles. The Morgan fingerprint density at radius 1 is 1.17 bits per heavy atom. The van der Waals surface area contributed by atoms with Crippen molar-refractivity contribution in [3.05, 3.63) is 58.1 Å². The molecule has 0 saturated carbocycles. The van der Waals surface area contributed by atoms with Crippen molar-refractivity contribution in [3.8, 4) is 11.5 Å². The number of ether oxygens (including phenoxy) is 2. The Hall–Kier alpha value is -2.74. The van der Waals surface area contributed by atoms with Gasteiger partial charge in [-0.25, -0.2) is 0 Å². The number of hydrogen-bond donors (Lipinski definition) is 1. The van der Waals surface area contributed by atoms with Gasteiger partial charge in [-0.2, -0.15) is 0 Å². The van der Waals surface area contributed by atoms with Gasteiger partial charge in [-0.1, -0.05) is 6.07 Å². The second-order valence-corrected chi connectivity index (χ2v) is 6.05. The number of rotatable bonds is 6. The lowest BCUT2D eigenvalue weighted by Gasteiger charge is -2.06. The van der Waals surface area contributed by atoms with Gasteiger partial charge in [-0.3, -0.25) is 14.9 Å². The van der Waals surface area contributed by atoms with Crippen LogP contribution in [-0.4, -0.2) is 23.4 Å². The first-order chi connectivity index (χ1) is 11.6. The minimum absolute atomic E-state index is 0.0339.